The molecule has 5 nitrogen and oxygen atoms in total. The van der Waals surface area contributed by atoms with Gasteiger partial charge >= 0.3 is 6.09 Å². The molecule has 0 heterocycles. The van der Waals surface area contributed by atoms with Crippen LogP contribution in [0.15, 0.2) is 0 Å². The van der Waals surface area contributed by atoms with Gasteiger partial charge < -0.3 is 20.3 Å². The minimum atomic E-state index is -0.235. The fraction of sp³-hybridized carbons (Fsp3) is 0.968. The number of hydrogen-bond acceptors (Lipinski definition) is 4. The number of hydrogen-bond donors (Lipinski definition) is 3. The zero-order valence-corrected chi connectivity index (χ0v) is 23.4. The smallest absolute Gasteiger partial charge is 0.407 e. The van der Waals surface area contributed by atoms with E-state index < -0.39 is 0 Å². The molecule has 3 unspecified atom stereocenters. The third-order valence-corrected chi connectivity index (χ3v) is 12.6. The Balaban J connectivity index is 1.24. The third kappa shape index (κ3) is 4.52. The van der Waals surface area contributed by atoms with E-state index in [1.165, 1.54) is 38.5 Å². The molecule has 3 N–H and O–H groups in total. The Kier molecular flexibility index (Phi) is 7.73. The van der Waals surface area contributed by atoms with E-state index >= 15 is 0 Å². The van der Waals surface area contributed by atoms with Gasteiger partial charge in [0.1, 0.15) is 0 Å². The van der Waals surface area contributed by atoms with Crippen molar-refractivity contribution in [2.75, 3.05) is 6.61 Å². The highest BCUT2D eigenvalue weighted by Gasteiger charge is 2.64. The Bertz CT molecular complexity index is 783. The molecule has 0 aromatic carbocycles. The SMILES string of the molecule is CC[C@@H]1C2C[C@H](O)CC[C@]2(C)[C@H]2CCC3(C)[C@@H]([C@H](C)CCOC(=O)NC4CCCC4)CC[C@H]3C2[C@@H]1O. The lowest BCUT2D eigenvalue weighted by Gasteiger charge is -2.64. The van der Waals surface area contributed by atoms with Crippen LogP contribution in [0.2, 0.25) is 0 Å². The minimum Gasteiger partial charge on any atom is -0.450 e. The second-order valence-electron chi connectivity index (χ2n) is 14.1. The predicted octanol–water partition coefficient (Wildman–Crippen LogP) is 6.31. The molecule has 5 saturated carbocycles. The van der Waals surface area contributed by atoms with Crippen molar-refractivity contribution in [1.82, 2.24) is 5.32 Å². The van der Waals surface area contributed by atoms with Crippen molar-refractivity contribution in [3.63, 3.8) is 0 Å². The largest absolute Gasteiger partial charge is 0.450 e. The number of aliphatic hydroxyl groups is 2. The summed E-state index contributed by atoms with van der Waals surface area (Å²) in [6.45, 7) is 10.2. The van der Waals surface area contributed by atoms with Gasteiger partial charge in [0.15, 0.2) is 0 Å². The number of nitrogens with one attached hydrogen (secondary N) is 1. The van der Waals surface area contributed by atoms with Crippen molar-refractivity contribution >= 4 is 6.09 Å². The molecule has 5 fully saturated rings. The molecule has 5 aliphatic carbocycles. The molecule has 36 heavy (non-hydrogen) atoms. The van der Waals surface area contributed by atoms with Crippen LogP contribution in [0.4, 0.5) is 4.79 Å². The lowest BCUT2D eigenvalue weighted by atomic mass is 9.41. The van der Waals surface area contributed by atoms with Gasteiger partial charge in [0.05, 0.1) is 18.8 Å². The van der Waals surface area contributed by atoms with Crippen LogP contribution in [-0.4, -0.2) is 41.2 Å². The van der Waals surface area contributed by atoms with Gasteiger partial charge in [-0.15, -0.1) is 0 Å². The molecule has 5 heteroatoms. The number of carbonyl (C=O) groups excluding carboxylic acids is 1. The second-order valence-corrected chi connectivity index (χ2v) is 14.1. The van der Waals surface area contributed by atoms with E-state index in [4.69, 9.17) is 4.74 Å². The van der Waals surface area contributed by atoms with Crippen LogP contribution >= 0.6 is 0 Å². The summed E-state index contributed by atoms with van der Waals surface area (Å²) < 4.78 is 5.61. The monoisotopic (exact) mass is 503 g/mol. The number of alkyl carbamates (subject to hydrolysis) is 1. The average Bonchev–Trinajstić information content (AvgIpc) is 3.47. The maximum Gasteiger partial charge on any atom is 0.407 e. The molecule has 0 aromatic rings. The summed E-state index contributed by atoms with van der Waals surface area (Å²) >= 11 is 0. The van der Waals surface area contributed by atoms with E-state index in [1.54, 1.807) is 0 Å². The average molecular weight is 504 g/mol. The Morgan fingerprint density at radius 3 is 2.39 bits per heavy atom. The lowest BCUT2D eigenvalue weighted by molar-refractivity contribution is -0.203. The standard InChI is InChI=1S/C31H53NO4/c1-5-22-26-18-21(33)12-15-31(26,4)25-13-16-30(3)23(10-11-24(30)27(25)28(22)34)19(2)14-17-36-29(35)32-20-8-6-7-9-20/h19-28,33-34H,5-18H2,1-4H3,(H,32,35)/t19-,21-,22-,23-,24+,25+,26?,27?,28-,30?,31-/m1/s1. The van der Waals surface area contributed by atoms with Gasteiger partial charge in [0, 0.05) is 6.04 Å². The zero-order valence-electron chi connectivity index (χ0n) is 23.4. The molecule has 0 spiro atoms. The Labute approximate surface area is 219 Å². The summed E-state index contributed by atoms with van der Waals surface area (Å²) in [6.07, 6.45) is 13.7. The van der Waals surface area contributed by atoms with E-state index in [0.717, 1.165) is 44.9 Å². The first-order valence-electron chi connectivity index (χ1n) is 15.5. The molecule has 0 aliphatic heterocycles. The van der Waals surface area contributed by atoms with Crippen molar-refractivity contribution in [2.24, 2.45) is 52.3 Å². The van der Waals surface area contributed by atoms with Gasteiger partial charge in [-0.1, -0.05) is 47.0 Å². The summed E-state index contributed by atoms with van der Waals surface area (Å²) in [5.74, 6) is 3.50. The molecule has 206 valence electrons. The van der Waals surface area contributed by atoms with Crippen LogP contribution < -0.4 is 5.32 Å². The molecule has 0 radical (unpaired) electrons. The van der Waals surface area contributed by atoms with Gasteiger partial charge in [0.2, 0.25) is 0 Å². The molecule has 5 rings (SSSR count). The summed E-state index contributed by atoms with van der Waals surface area (Å²) in [7, 11) is 0. The highest BCUT2D eigenvalue weighted by atomic mass is 16.5. The maximum absolute atomic E-state index is 12.2. The van der Waals surface area contributed by atoms with Crippen LogP contribution in [0.1, 0.15) is 111 Å². The predicted molar refractivity (Wildman–Crippen MR) is 142 cm³/mol. The number of rotatable bonds is 6. The normalized spacial score (nSPS) is 47.5. The number of fused-ring (bicyclic) bond motifs is 5. The quantitative estimate of drug-likeness (QED) is 0.397. The summed E-state index contributed by atoms with van der Waals surface area (Å²) in [5.41, 5.74) is 0.526. The van der Waals surface area contributed by atoms with E-state index in [9.17, 15) is 15.0 Å². The van der Waals surface area contributed by atoms with Crippen molar-refractivity contribution in [1.29, 1.82) is 0 Å². The number of ether oxygens (including phenoxy) is 1. The van der Waals surface area contributed by atoms with E-state index in [2.05, 4.69) is 33.0 Å². The molecule has 0 bridgehead atoms. The molecular weight excluding hydrogens is 450 g/mol. The molecular formula is C31H53NO4. The van der Waals surface area contributed by atoms with Gasteiger partial charge in [-0.3, -0.25) is 0 Å². The summed E-state index contributed by atoms with van der Waals surface area (Å²) in [5, 5.41) is 25.4. The molecule has 11 atom stereocenters. The number of amides is 1. The Morgan fingerprint density at radius 1 is 0.972 bits per heavy atom. The summed E-state index contributed by atoms with van der Waals surface area (Å²) in [6, 6.07) is 0.308. The lowest BCUT2D eigenvalue weighted by Crippen LogP contribution is -2.62. The van der Waals surface area contributed by atoms with Crippen molar-refractivity contribution < 1.29 is 19.7 Å². The first-order valence-corrected chi connectivity index (χ1v) is 15.5. The second kappa shape index (κ2) is 10.4. The van der Waals surface area contributed by atoms with Crippen molar-refractivity contribution in [2.45, 2.75) is 129 Å². The van der Waals surface area contributed by atoms with Gasteiger partial charge in [0.25, 0.3) is 0 Å². The van der Waals surface area contributed by atoms with Gasteiger partial charge in [-0.2, -0.15) is 0 Å². The zero-order chi connectivity index (χ0) is 25.7. The number of carbonyl (C=O) groups is 1. The first kappa shape index (κ1) is 26.8. The van der Waals surface area contributed by atoms with Crippen LogP contribution in [0.3, 0.4) is 0 Å². The fourth-order valence-electron chi connectivity index (χ4n) is 10.7. The van der Waals surface area contributed by atoms with Crippen LogP contribution in [0, 0.1) is 52.3 Å². The Morgan fingerprint density at radius 2 is 1.67 bits per heavy atom. The van der Waals surface area contributed by atoms with Crippen LogP contribution in [0.5, 0.6) is 0 Å². The Hall–Kier alpha value is -0.810. The summed E-state index contributed by atoms with van der Waals surface area (Å²) in [4.78, 5) is 12.2. The topological polar surface area (TPSA) is 78.8 Å². The van der Waals surface area contributed by atoms with E-state index in [1.807, 2.05) is 0 Å². The minimum absolute atomic E-state index is 0.186. The molecule has 0 aromatic heterocycles. The highest BCUT2D eigenvalue weighted by Crippen LogP contribution is 2.69. The van der Waals surface area contributed by atoms with Crippen molar-refractivity contribution in [3.05, 3.63) is 0 Å². The third-order valence-electron chi connectivity index (χ3n) is 12.6. The van der Waals surface area contributed by atoms with Crippen LogP contribution in [0.25, 0.3) is 0 Å². The molecule has 1 amide bonds. The van der Waals surface area contributed by atoms with Crippen LogP contribution in [-0.2, 0) is 4.74 Å². The van der Waals surface area contributed by atoms with E-state index in [0.29, 0.717) is 54.1 Å². The highest BCUT2D eigenvalue weighted by molar-refractivity contribution is 5.67. The van der Waals surface area contributed by atoms with Crippen molar-refractivity contribution in [3.8, 4) is 0 Å². The first-order chi connectivity index (χ1) is 17.2. The van der Waals surface area contributed by atoms with Gasteiger partial charge in [-0.05, 0) is 116 Å². The van der Waals surface area contributed by atoms with E-state index in [-0.39, 0.29) is 29.1 Å². The maximum atomic E-state index is 12.2. The molecule has 0 saturated heterocycles. The molecule has 5 aliphatic rings. The number of aliphatic hydroxyl groups excluding tert-OH is 2. The fourth-order valence-corrected chi connectivity index (χ4v) is 10.7. The van der Waals surface area contributed by atoms with Gasteiger partial charge in [-0.25, -0.2) is 4.79 Å².